The molecule has 0 fully saturated rings. The van der Waals surface area contributed by atoms with E-state index in [1.54, 1.807) is 20.4 Å². The lowest BCUT2D eigenvalue weighted by Crippen LogP contribution is -1.98. The molecule has 3 rings (SSSR count). The van der Waals surface area contributed by atoms with Crippen molar-refractivity contribution in [2.75, 3.05) is 19.5 Å². The molecule has 5 nitrogen and oxygen atoms in total. The van der Waals surface area contributed by atoms with E-state index >= 15 is 0 Å². The molecule has 0 unspecified atom stereocenters. The van der Waals surface area contributed by atoms with E-state index in [0.717, 1.165) is 16.8 Å². The number of nitrogens with zero attached hydrogens (tertiary/aromatic N) is 2. The predicted octanol–water partition coefficient (Wildman–Crippen LogP) is 4.29. The first kappa shape index (κ1) is 17.4. The van der Waals surface area contributed by atoms with Crippen molar-refractivity contribution in [1.82, 2.24) is 4.98 Å². The highest BCUT2D eigenvalue weighted by Crippen LogP contribution is 2.33. The maximum Gasteiger partial charge on any atom is 0.145 e. The number of anilines is 2. The zero-order valence-electron chi connectivity index (χ0n) is 13.2. The van der Waals surface area contributed by atoms with Crippen LogP contribution in [0.1, 0.15) is 5.56 Å². The van der Waals surface area contributed by atoms with Gasteiger partial charge in [0.1, 0.15) is 23.1 Å². The Balaban J connectivity index is 0.00000208. The third-order valence-electron chi connectivity index (χ3n) is 3.56. The molecular formula is C18H16ClN3O2. The van der Waals surface area contributed by atoms with Crippen molar-refractivity contribution in [3.63, 3.8) is 0 Å². The van der Waals surface area contributed by atoms with Gasteiger partial charge in [0.05, 0.1) is 25.5 Å². The molecule has 24 heavy (non-hydrogen) atoms. The topological polar surface area (TPSA) is 67.2 Å². The van der Waals surface area contributed by atoms with Gasteiger partial charge in [0.25, 0.3) is 0 Å². The van der Waals surface area contributed by atoms with Gasteiger partial charge in [-0.2, -0.15) is 5.26 Å². The zero-order valence-corrected chi connectivity index (χ0v) is 14.1. The number of fused-ring (bicyclic) bond motifs is 1. The summed E-state index contributed by atoms with van der Waals surface area (Å²) < 4.78 is 10.5. The first-order chi connectivity index (χ1) is 11.3. The van der Waals surface area contributed by atoms with E-state index in [-0.39, 0.29) is 12.4 Å². The van der Waals surface area contributed by atoms with Crippen molar-refractivity contribution in [1.29, 1.82) is 5.26 Å². The number of nitrogens with one attached hydrogen (secondary N) is 1. The van der Waals surface area contributed by atoms with E-state index in [9.17, 15) is 5.26 Å². The largest absolute Gasteiger partial charge is 0.497 e. The van der Waals surface area contributed by atoms with Crippen LogP contribution in [0.3, 0.4) is 0 Å². The molecule has 1 N–H and O–H groups in total. The molecule has 0 aliphatic rings. The van der Waals surface area contributed by atoms with Crippen LogP contribution in [-0.4, -0.2) is 19.2 Å². The molecule has 0 radical (unpaired) electrons. The summed E-state index contributed by atoms with van der Waals surface area (Å²) in [6.45, 7) is 0. The highest BCUT2D eigenvalue weighted by Gasteiger charge is 2.12. The Hall–Kier alpha value is -2.97. The third-order valence-corrected chi connectivity index (χ3v) is 3.56. The monoisotopic (exact) mass is 341 g/mol. The van der Waals surface area contributed by atoms with Crippen molar-refractivity contribution >= 4 is 34.7 Å². The maximum absolute atomic E-state index is 9.38. The van der Waals surface area contributed by atoms with Crippen LogP contribution < -0.4 is 14.8 Å². The quantitative estimate of drug-likeness (QED) is 0.766. The number of nitriles is 1. The molecule has 0 aliphatic carbocycles. The molecule has 0 atom stereocenters. The Morgan fingerprint density at radius 1 is 1.04 bits per heavy atom. The highest BCUT2D eigenvalue weighted by molar-refractivity contribution is 5.98. The van der Waals surface area contributed by atoms with E-state index in [2.05, 4.69) is 16.4 Å². The van der Waals surface area contributed by atoms with Crippen LogP contribution in [0.5, 0.6) is 11.5 Å². The summed E-state index contributed by atoms with van der Waals surface area (Å²) in [7, 11) is 3.23. The number of hydrogen-bond donors (Lipinski definition) is 1. The molecule has 0 spiro atoms. The van der Waals surface area contributed by atoms with Crippen molar-refractivity contribution in [3.05, 3.63) is 54.2 Å². The van der Waals surface area contributed by atoms with Crippen LogP contribution in [0.2, 0.25) is 0 Å². The predicted molar refractivity (Wildman–Crippen MR) is 96.5 cm³/mol. The smallest absolute Gasteiger partial charge is 0.145 e. The molecular weight excluding hydrogens is 326 g/mol. The second-order valence-corrected chi connectivity index (χ2v) is 4.87. The second kappa shape index (κ2) is 7.53. The Labute approximate surface area is 146 Å². The van der Waals surface area contributed by atoms with Gasteiger partial charge in [-0.3, -0.25) is 4.98 Å². The van der Waals surface area contributed by atoms with Crippen LogP contribution >= 0.6 is 12.4 Å². The average Bonchev–Trinajstić information content (AvgIpc) is 2.62. The fraction of sp³-hybridized carbons (Fsp3) is 0.111. The number of aromatic nitrogens is 1. The molecule has 0 saturated heterocycles. The van der Waals surface area contributed by atoms with Crippen LogP contribution in [0.15, 0.2) is 48.7 Å². The third kappa shape index (κ3) is 3.19. The number of benzene rings is 2. The summed E-state index contributed by atoms with van der Waals surface area (Å²) >= 11 is 0. The minimum Gasteiger partial charge on any atom is -0.497 e. The fourth-order valence-corrected chi connectivity index (χ4v) is 2.40. The Bertz CT molecular complexity index is 889. The highest BCUT2D eigenvalue weighted by atomic mass is 35.5. The Morgan fingerprint density at radius 3 is 2.42 bits per heavy atom. The molecule has 0 saturated carbocycles. The van der Waals surface area contributed by atoms with Gasteiger partial charge in [-0.15, -0.1) is 12.4 Å². The molecule has 1 heterocycles. The van der Waals surface area contributed by atoms with E-state index < -0.39 is 0 Å². The van der Waals surface area contributed by atoms with Gasteiger partial charge in [0, 0.05) is 17.3 Å². The lowest BCUT2D eigenvalue weighted by molar-refractivity contribution is 0.415. The summed E-state index contributed by atoms with van der Waals surface area (Å²) in [4.78, 5) is 4.34. The van der Waals surface area contributed by atoms with Crippen molar-refractivity contribution in [3.8, 4) is 17.6 Å². The first-order valence-corrected chi connectivity index (χ1v) is 7.03. The molecule has 1 aromatic heterocycles. The Morgan fingerprint density at radius 2 is 1.79 bits per heavy atom. The molecule has 3 aromatic rings. The molecule has 6 heteroatoms. The van der Waals surface area contributed by atoms with Gasteiger partial charge >= 0.3 is 0 Å². The number of pyridine rings is 1. The summed E-state index contributed by atoms with van der Waals surface area (Å²) in [5.74, 6) is 1.45. The summed E-state index contributed by atoms with van der Waals surface area (Å²) in [5.41, 5.74) is 2.76. The average molecular weight is 342 g/mol. The van der Waals surface area contributed by atoms with Crippen LogP contribution in [-0.2, 0) is 0 Å². The van der Waals surface area contributed by atoms with E-state index in [4.69, 9.17) is 9.47 Å². The normalized spacial score (nSPS) is 9.71. The molecule has 0 bridgehead atoms. The summed E-state index contributed by atoms with van der Waals surface area (Å²) in [6.07, 6.45) is 1.55. The van der Waals surface area contributed by atoms with E-state index in [1.807, 2.05) is 42.5 Å². The van der Waals surface area contributed by atoms with Crippen molar-refractivity contribution in [2.45, 2.75) is 0 Å². The van der Waals surface area contributed by atoms with Gasteiger partial charge in [-0.25, -0.2) is 0 Å². The number of hydrogen-bond acceptors (Lipinski definition) is 5. The van der Waals surface area contributed by atoms with Gasteiger partial charge in [-0.1, -0.05) is 12.1 Å². The number of methoxy groups -OCH3 is 2. The SMILES string of the molecule is COc1ccc(Nc2c(C#N)cnc3c(OC)cccc23)cc1.Cl. The minimum absolute atomic E-state index is 0. The molecule has 122 valence electrons. The second-order valence-electron chi connectivity index (χ2n) is 4.87. The van der Waals surface area contributed by atoms with Crippen molar-refractivity contribution < 1.29 is 9.47 Å². The van der Waals surface area contributed by atoms with Crippen LogP contribution in [0, 0.1) is 11.3 Å². The maximum atomic E-state index is 9.38. The van der Waals surface area contributed by atoms with Crippen LogP contribution in [0.4, 0.5) is 11.4 Å². The fourth-order valence-electron chi connectivity index (χ4n) is 2.40. The van der Waals surface area contributed by atoms with Crippen molar-refractivity contribution in [2.24, 2.45) is 0 Å². The van der Waals surface area contributed by atoms with E-state index in [0.29, 0.717) is 22.5 Å². The van der Waals surface area contributed by atoms with Gasteiger partial charge in [0.15, 0.2) is 0 Å². The van der Waals surface area contributed by atoms with Gasteiger partial charge in [-0.05, 0) is 30.3 Å². The number of halogens is 1. The molecule has 0 aliphatic heterocycles. The minimum atomic E-state index is 0. The van der Waals surface area contributed by atoms with Gasteiger partial charge < -0.3 is 14.8 Å². The summed E-state index contributed by atoms with van der Waals surface area (Å²) in [5, 5.41) is 13.5. The summed E-state index contributed by atoms with van der Waals surface area (Å²) in [6, 6.07) is 15.3. The zero-order chi connectivity index (χ0) is 16.2. The van der Waals surface area contributed by atoms with Crippen LogP contribution in [0.25, 0.3) is 10.9 Å². The lowest BCUT2D eigenvalue weighted by Gasteiger charge is -2.13. The first-order valence-electron chi connectivity index (χ1n) is 7.03. The van der Waals surface area contributed by atoms with Gasteiger partial charge in [0.2, 0.25) is 0 Å². The molecule has 2 aromatic carbocycles. The number of ether oxygens (including phenoxy) is 2. The molecule has 0 amide bonds. The standard InChI is InChI=1S/C18H15N3O2.ClH/c1-22-14-8-6-13(7-9-14)21-17-12(10-19)11-20-18-15(17)4-3-5-16(18)23-2;/h3-9,11H,1-2H3,(H,20,21);1H. The Kier molecular flexibility index (Phi) is 5.46. The van der Waals surface area contributed by atoms with E-state index in [1.165, 1.54) is 0 Å². The number of para-hydroxylation sites is 1. The number of rotatable bonds is 4. The lowest BCUT2D eigenvalue weighted by atomic mass is 10.1.